The second-order valence-corrected chi connectivity index (χ2v) is 6.04. The summed E-state index contributed by atoms with van der Waals surface area (Å²) >= 11 is 0. The van der Waals surface area contributed by atoms with Crippen LogP contribution in [-0.4, -0.2) is 29.4 Å². The molecule has 0 aliphatic heterocycles. The number of carboxylic acid groups (broad SMARTS) is 1. The average molecular weight is 366 g/mol. The molecule has 0 spiro atoms. The van der Waals surface area contributed by atoms with E-state index in [-0.39, 0.29) is 18.7 Å². The van der Waals surface area contributed by atoms with E-state index in [1.54, 1.807) is 18.2 Å². The maximum Gasteiger partial charge on any atom is 0.303 e. The Morgan fingerprint density at radius 3 is 2.30 bits per heavy atom. The lowest BCUT2D eigenvalue weighted by atomic mass is 10.1. The molecule has 140 valence electrons. The minimum Gasteiger partial charge on any atom is -0.481 e. The minimum atomic E-state index is -0.919. The largest absolute Gasteiger partial charge is 0.481 e. The molecule has 2 rings (SSSR count). The summed E-state index contributed by atoms with van der Waals surface area (Å²) in [6.07, 6.45) is 1.86. The number of nitrogens with one attached hydrogen (secondary N) is 2. The fourth-order valence-electron chi connectivity index (χ4n) is 2.31. The number of carboxylic acids is 1. The maximum atomic E-state index is 12.5. The first-order chi connectivity index (χ1) is 13.0. The van der Waals surface area contributed by atoms with Gasteiger partial charge in [-0.05, 0) is 37.1 Å². The van der Waals surface area contributed by atoms with Crippen molar-refractivity contribution >= 4 is 23.9 Å². The molecule has 6 nitrogen and oxygen atoms in total. The van der Waals surface area contributed by atoms with E-state index >= 15 is 0 Å². The molecule has 2 aromatic rings. The van der Waals surface area contributed by atoms with Gasteiger partial charge in [0, 0.05) is 18.5 Å². The van der Waals surface area contributed by atoms with Crippen LogP contribution in [0, 0.1) is 6.92 Å². The second kappa shape index (κ2) is 9.91. The predicted octanol–water partition coefficient (Wildman–Crippen LogP) is 2.75. The Morgan fingerprint density at radius 2 is 1.67 bits per heavy atom. The van der Waals surface area contributed by atoms with Crippen molar-refractivity contribution in [3.8, 4) is 0 Å². The van der Waals surface area contributed by atoms with Gasteiger partial charge in [-0.3, -0.25) is 14.4 Å². The molecule has 0 unspecified atom stereocenters. The van der Waals surface area contributed by atoms with Crippen molar-refractivity contribution in [2.45, 2.75) is 19.8 Å². The fourth-order valence-corrected chi connectivity index (χ4v) is 2.31. The molecule has 2 amide bonds. The van der Waals surface area contributed by atoms with Gasteiger partial charge in [0.05, 0.1) is 0 Å². The van der Waals surface area contributed by atoms with Crippen LogP contribution in [0.4, 0.5) is 0 Å². The highest BCUT2D eigenvalue weighted by Gasteiger charge is 2.14. The Balaban J connectivity index is 2.13. The first-order valence-corrected chi connectivity index (χ1v) is 8.60. The third-order valence-corrected chi connectivity index (χ3v) is 3.77. The lowest BCUT2D eigenvalue weighted by molar-refractivity contribution is -0.137. The summed E-state index contributed by atoms with van der Waals surface area (Å²) in [6.45, 7) is 2.13. The van der Waals surface area contributed by atoms with Crippen LogP contribution in [0.25, 0.3) is 6.08 Å². The summed E-state index contributed by atoms with van der Waals surface area (Å²) in [4.78, 5) is 35.5. The molecular formula is C21H22N2O4. The number of benzene rings is 2. The first kappa shape index (κ1) is 19.9. The number of hydrogen-bond acceptors (Lipinski definition) is 3. The first-order valence-electron chi connectivity index (χ1n) is 8.60. The van der Waals surface area contributed by atoms with Gasteiger partial charge in [0.2, 0.25) is 0 Å². The van der Waals surface area contributed by atoms with E-state index in [9.17, 15) is 14.4 Å². The highest BCUT2D eigenvalue weighted by Crippen LogP contribution is 2.08. The summed E-state index contributed by atoms with van der Waals surface area (Å²) in [5.41, 5.74) is 2.33. The Bertz CT molecular complexity index is 827. The van der Waals surface area contributed by atoms with Crippen LogP contribution in [-0.2, 0) is 9.59 Å². The molecule has 0 bridgehead atoms. The van der Waals surface area contributed by atoms with E-state index in [4.69, 9.17) is 5.11 Å². The van der Waals surface area contributed by atoms with Crippen LogP contribution < -0.4 is 10.6 Å². The van der Waals surface area contributed by atoms with Crippen LogP contribution in [0.1, 0.15) is 34.3 Å². The van der Waals surface area contributed by atoms with E-state index in [2.05, 4.69) is 10.6 Å². The molecule has 0 aromatic heterocycles. The summed E-state index contributed by atoms with van der Waals surface area (Å²) < 4.78 is 0. The zero-order valence-corrected chi connectivity index (χ0v) is 15.1. The maximum absolute atomic E-state index is 12.5. The van der Waals surface area contributed by atoms with E-state index in [0.29, 0.717) is 12.0 Å². The summed E-state index contributed by atoms with van der Waals surface area (Å²) in [7, 11) is 0. The number of aryl methyl sites for hydroxylation is 1. The smallest absolute Gasteiger partial charge is 0.303 e. The van der Waals surface area contributed by atoms with E-state index in [1.165, 1.54) is 0 Å². The van der Waals surface area contributed by atoms with Crippen molar-refractivity contribution in [3.63, 3.8) is 0 Å². The SMILES string of the molecule is Cc1ccc(C(=O)NC(=Cc2ccccc2)C(=O)NCCCC(=O)O)cc1. The quantitative estimate of drug-likeness (QED) is 0.494. The number of carbonyl (C=O) groups is 3. The number of rotatable bonds is 8. The van der Waals surface area contributed by atoms with Crippen molar-refractivity contribution in [1.29, 1.82) is 0 Å². The summed E-state index contributed by atoms with van der Waals surface area (Å²) in [5, 5.41) is 13.9. The molecular weight excluding hydrogens is 344 g/mol. The van der Waals surface area contributed by atoms with Gasteiger partial charge in [0.1, 0.15) is 5.70 Å². The summed E-state index contributed by atoms with van der Waals surface area (Å²) in [6, 6.07) is 16.2. The average Bonchev–Trinajstić information content (AvgIpc) is 2.65. The van der Waals surface area contributed by atoms with Gasteiger partial charge in [0.15, 0.2) is 0 Å². The molecule has 0 saturated heterocycles. The lowest BCUT2D eigenvalue weighted by Crippen LogP contribution is -2.35. The van der Waals surface area contributed by atoms with Gasteiger partial charge in [-0.25, -0.2) is 0 Å². The molecule has 0 saturated carbocycles. The minimum absolute atomic E-state index is 0.0340. The standard InChI is InChI=1S/C21H22N2O4/c1-15-9-11-17(12-10-15)20(26)23-18(14-16-6-3-2-4-7-16)21(27)22-13-5-8-19(24)25/h2-4,6-7,9-12,14H,5,8,13H2,1H3,(H,22,27)(H,23,26)(H,24,25). The van der Waals surface area contributed by atoms with Gasteiger partial charge < -0.3 is 15.7 Å². The Kier molecular flexibility index (Phi) is 7.31. The van der Waals surface area contributed by atoms with E-state index in [0.717, 1.165) is 11.1 Å². The normalized spacial score (nSPS) is 10.9. The zero-order chi connectivity index (χ0) is 19.6. The predicted molar refractivity (Wildman–Crippen MR) is 103 cm³/mol. The topological polar surface area (TPSA) is 95.5 Å². The number of hydrogen-bond donors (Lipinski definition) is 3. The van der Waals surface area contributed by atoms with Crippen LogP contribution >= 0.6 is 0 Å². The molecule has 3 N–H and O–H groups in total. The van der Waals surface area contributed by atoms with Gasteiger partial charge in [-0.2, -0.15) is 0 Å². The molecule has 0 atom stereocenters. The van der Waals surface area contributed by atoms with Gasteiger partial charge in [0.25, 0.3) is 11.8 Å². The number of amides is 2. The molecule has 0 heterocycles. The molecule has 6 heteroatoms. The van der Waals surface area contributed by atoms with Crippen LogP contribution in [0.5, 0.6) is 0 Å². The Hall–Kier alpha value is -3.41. The molecule has 0 fully saturated rings. The van der Waals surface area contributed by atoms with Gasteiger partial charge >= 0.3 is 5.97 Å². The van der Waals surface area contributed by atoms with Crippen molar-refractivity contribution in [2.75, 3.05) is 6.54 Å². The highest BCUT2D eigenvalue weighted by molar-refractivity contribution is 6.05. The molecule has 27 heavy (non-hydrogen) atoms. The van der Waals surface area contributed by atoms with Crippen LogP contribution in [0.3, 0.4) is 0 Å². The summed E-state index contributed by atoms with van der Waals surface area (Å²) in [5.74, 6) is -1.78. The van der Waals surface area contributed by atoms with Crippen molar-refractivity contribution < 1.29 is 19.5 Å². The van der Waals surface area contributed by atoms with Gasteiger partial charge in [-0.1, -0.05) is 48.0 Å². The van der Waals surface area contributed by atoms with E-state index < -0.39 is 17.8 Å². The fraction of sp³-hybridized carbons (Fsp3) is 0.190. The van der Waals surface area contributed by atoms with Gasteiger partial charge in [-0.15, -0.1) is 0 Å². The Morgan fingerprint density at radius 1 is 1.00 bits per heavy atom. The molecule has 0 aliphatic carbocycles. The monoisotopic (exact) mass is 366 g/mol. The number of aliphatic carboxylic acids is 1. The van der Waals surface area contributed by atoms with Crippen LogP contribution in [0.15, 0.2) is 60.3 Å². The zero-order valence-electron chi connectivity index (χ0n) is 15.1. The van der Waals surface area contributed by atoms with Crippen molar-refractivity contribution in [1.82, 2.24) is 10.6 Å². The third kappa shape index (κ3) is 6.78. The second-order valence-electron chi connectivity index (χ2n) is 6.04. The van der Waals surface area contributed by atoms with Crippen molar-refractivity contribution in [3.05, 3.63) is 77.0 Å². The highest BCUT2D eigenvalue weighted by atomic mass is 16.4. The molecule has 0 aliphatic rings. The molecule has 0 radical (unpaired) electrons. The Labute approximate surface area is 157 Å². The molecule has 2 aromatic carbocycles. The van der Waals surface area contributed by atoms with Crippen molar-refractivity contribution in [2.24, 2.45) is 0 Å². The van der Waals surface area contributed by atoms with E-state index in [1.807, 2.05) is 49.4 Å². The third-order valence-electron chi connectivity index (χ3n) is 3.77. The van der Waals surface area contributed by atoms with Crippen LogP contribution in [0.2, 0.25) is 0 Å². The lowest BCUT2D eigenvalue weighted by Gasteiger charge is -2.11. The number of carbonyl (C=O) groups excluding carboxylic acids is 2.